The van der Waals surface area contributed by atoms with Gasteiger partial charge in [-0.1, -0.05) is 6.92 Å². The van der Waals surface area contributed by atoms with Crippen molar-refractivity contribution in [3.63, 3.8) is 0 Å². The number of pyridine rings is 1. The molecule has 1 aromatic carbocycles. The number of thioether (sulfide) groups is 1. The number of alkyl halides is 3. The van der Waals surface area contributed by atoms with Crippen LogP contribution < -0.4 is 5.56 Å². The van der Waals surface area contributed by atoms with Crippen LogP contribution in [0.5, 0.6) is 0 Å². The van der Waals surface area contributed by atoms with Crippen LogP contribution in [0.1, 0.15) is 19.5 Å². The molecule has 0 atom stereocenters. The van der Waals surface area contributed by atoms with Crippen molar-refractivity contribution < 1.29 is 22.0 Å². The van der Waals surface area contributed by atoms with Gasteiger partial charge in [-0.05, 0) is 42.5 Å². The third kappa shape index (κ3) is 4.19. The molecule has 4 aromatic rings. The summed E-state index contributed by atoms with van der Waals surface area (Å²) in [4.78, 5) is 19.2. The van der Waals surface area contributed by atoms with Crippen molar-refractivity contribution in [3.05, 3.63) is 58.0 Å². The summed E-state index contributed by atoms with van der Waals surface area (Å²) in [5.41, 5.74) is -1.50. The maximum absolute atomic E-state index is 13.8. The van der Waals surface area contributed by atoms with Gasteiger partial charge in [-0.15, -0.1) is 23.1 Å². The van der Waals surface area contributed by atoms with Crippen LogP contribution in [-0.4, -0.2) is 19.9 Å². The molecule has 3 aromatic heterocycles. The van der Waals surface area contributed by atoms with E-state index in [-0.39, 0.29) is 17.6 Å². The molecule has 0 saturated heterocycles. The van der Waals surface area contributed by atoms with Gasteiger partial charge in [-0.2, -0.15) is 13.2 Å². The molecule has 0 aliphatic carbocycles. The quantitative estimate of drug-likeness (QED) is 0.231. The number of rotatable bonds is 5. The molecule has 0 aliphatic rings. The van der Waals surface area contributed by atoms with E-state index in [1.165, 1.54) is 46.7 Å². The number of hydrogen-bond donors (Lipinski definition) is 0. The number of halogens is 5. The van der Waals surface area contributed by atoms with Gasteiger partial charge in [0.15, 0.2) is 5.82 Å². The molecule has 33 heavy (non-hydrogen) atoms. The number of fused-ring (bicyclic) bond motifs is 1. The third-order valence-corrected chi connectivity index (χ3v) is 7.32. The van der Waals surface area contributed by atoms with Crippen molar-refractivity contribution in [1.29, 1.82) is 0 Å². The highest BCUT2D eigenvalue weighted by molar-refractivity contribution is 7.99. The highest BCUT2D eigenvalue weighted by atomic mass is 32.2. The number of aromatic nitrogens is 3. The molecule has 4 rings (SSSR count). The first-order chi connectivity index (χ1) is 15.5. The van der Waals surface area contributed by atoms with E-state index in [1.807, 2.05) is 6.92 Å². The van der Waals surface area contributed by atoms with E-state index < -0.39 is 29.1 Å². The number of thiophene rings is 1. The Hall–Kier alpha value is -2.66. The standard InChI is InChI=1S/C22H18F5N3OS2/c1-4-30-17(22(25,26)27)9-14-18(21(30)31)29(3)20(28-14)19-16(32-5-2)10-15(33-19)11-6-12(23)8-13(24)7-11/h6-10H,4-5H2,1-3H3. The smallest absolute Gasteiger partial charge is 0.322 e. The van der Waals surface area contributed by atoms with Crippen LogP contribution in [0, 0.1) is 11.6 Å². The van der Waals surface area contributed by atoms with Crippen molar-refractivity contribution in [3.8, 4) is 21.1 Å². The molecule has 0 N–H and O–H groups in total. The van der Waals surface area contributed by atoms with Gasteiger partial charge in [-0.25, -0.2) is 13.8 Å². The van der Waals surface area contributed by atoms with Crippen LogP contribution in [0.4, 0.5) is 22.0 Å². The van der Waals surface area contributed by atoms with E-state index in [9.17, 15) is 26.7 Å². The fraction of sp³-hybridized carbons (Fsp3) is 0.273. The Labute approximate surface area is 193 Å². The van der Waals surface area contributed by atoms with E-state index in [2.05, 4.69) is 4.98 Å². The van der Waals surface area contributed by atoms with Crippen molar-refractivity contribution in [1.82, 2.24) is 14.1 Å². The Morgan fingerprint density at radius 2 is 1.73 bits per heavy atom. The summed E-state index contributed by atoms with van der Waals surface area (Å²) in [6.07, 6.45) is -4.71. The molecule has 0 spiro atoms. The summed E-state index contributed by atoms with van der Waals surface area (Å²) >= 11 is 2.67. The number of benzene rings is 1. The lowest BCUT2D eigenvalue weighted by atomic mass is 10.2. The first kappa shape index (κ1) is 23.5. The zero-order valence-electron chi connectivity index (χ0n) is 17.8. The van der Waals surface area contributed by atoms with Gasteiger partial charge in [0, 0.05) is 29.4 Å². The Morgan fingerprint density at radius 1 is 1.06 bits per heavy atom. The van der Waals surface area contributed by atoms with E-state index >= 15 is 0 Å². The van der Waals surface area contributed by atoms with E-state index in [1.54, 1.807) is 13.1 Å². The maximum Gasteiger partial charge on any atom is 0.431 e. The predicted octanol–water partition coefficient (Wildman–Crippen LogP) is 6.56. The molecular formula is C22H18F5N3OS2. The molecule has 0 aliphatic heterocycles. The summed E-state index contributed by atoms with van der Waals surface area (Å²) in [5, 5.41) is 0. The molecule has 0 unspecified atom stereocenters. The van der Waals surface area contributed by atoms with Gasteiger partial charge < -0.3 is 9.13 Å². The molecule has 0 bridgehead atoms. The Bertz CT molecular complexity index is 1400. The van der Waals surface area contributed by atoms with Gasteiger partial charge in [0.2, 0.25) is 0 Å². The number of nitrogens with zero attached hydrogens (tertiary/aromatic N) is 3. The largest absolute Gasteiger partial charge is 0.431 e. The van der Waals surface area contributed by atoms with Crippen molar-refractivity contribution >= 4 is 34.1 Å². The zero-order valence-corrected chi connectivity index (χ0v) is 19.4. The molecule has 0 radical (unpaired) electrons. The summed E-state index contributed by atoms with van der Waals surface area (Å²) in [6.45, 7) is 3.26. The van der Waals surface area contributed by atoms with Crippen LogP contribution in [0.2, 0.25) is 0 Å². The van der Waals surface area contributed by atoms with Crippen molar-refractivity contribution in [2.75, 3.05) is 5.75 Å². The average molecular weight is 500 g/mol. The second kappa shape index (κ2) is 8.60. The van der Waals surface area contributed by atoms with Gasteiger partial charge in [0.1, 0.15) is 22.8 Å². The molecule has 4 nitrogen and oxygen atoms in total. The van der Waals surface area contributed by atoms with Crippen molar-refractivity contribution in [2.24, 2.45) is 7.05 Å². The zero-order chi connectivity index (χ0) is 24.1. The first-order valence-electron chi connectivity index (χ1n) is 9.96. The van der Waals surface area contributed by atoms with Gasteiger partial charge in [0.25, 0.3) is 5.56 Å². The number of hydrogen-bond acceptors (Lipinski definition) is 4. The molecule has 3 heterocycles. The lowest BCUT2D eigenvalue weighted by Gasteiger charge is -2.13. The first-order valence-corrected chi connectivity index (χ1v) is 11.8. The van der Waals surface area contributed by atoms with Gasteiger partial charge in [0.05, 0.1) is 10.4 Å². The number of imidazole rings is 1. The lowest BCUT2D eigenvalue weighted by molar-refractivity contribution is -0.144. The fourth-order valence-corrected chi connectivity index (χ4v) is 5.88. The van der Waals surface area contributed by atoms with Gasteiger partial charge in [-0.3, -0.25) is 4.79 Å². The molecule has 174 valence electrons. The fourth-order valence-electron chi connectivity index (χ4n) is 3.70. The average Bonchev–Trinajstić information content (AvgIpc) is 3.28. The van der Waals surface area contributed by atoms with Gasteiger partial charge >= 0.3 is 6.18 Å². The minimum Gasteiger partial charge on any atom is -0.322 e. The summed E-state index contributed by atoms with van der Waals surface area (Å²) < 4.78 is 70.3. The van der Waals surface area contributed by atoms with Crippen LogP contribution in [0.25, 0.3) is 32.2 Å². The van der Waals surface area contributed by atoms with Crippen LogP contribution in [0.15, 0.2) is 40.0 Å². The highest BCUT2D eigenvalue weighted by Gasteiger charge is 2.36. The highest BCUT2D eigenvalue weighted by Crippen LogP contribution is 2.43. The second-order valence-corrected chi connectivity index (χ2v) is 9.56. The lowest BCUT2D eigenvalue weighted by Crippen LogP contribution is -2.28. The molecule has 11 heteroatoms. The second-order valence-electron chi connectivity index (χ2n) is 7.20. The summed E-state index contributed by atoms with van der Waals surface area (Å²) in [7, 11) is 1.57. The minimum atomic E-state index is -4.71. The Kier molecular flexibility index (Phi) is 6.12. The van der Waals surface area contributed by atoms with E-state index in [0.29, 0.717) is 31.5 Å². The summed E-state index contributed by atoms with van der Waals surface area (Å²) in [6, 6.07) is 5.86. The SMILES string of the molecule is CCSc1cc(-c2cc(F)cc(F)c2)sc1-c1nc2cc(C(F)(F)F)n(CC)c(=O)c2n1C. The minimum absolute atomic E-state index is 0.0547. The van der Waals surface area contributed by atoms with E-state index in [4.69, 9.17) is 0 Å². The molecule has 0 fully saturated rings. The van der Waals surface area contributed by atoms with Crippen LogP contribution in [0.3, 0.4) is 0 Å². The summed E-state index contributed by atoms with van der Waals surface area (Å²) in [5.74, 6) is -0.432. The Balaban J connectivity index is 1.97. The molecule has 0 amide bonds. The maximum atomic E-state index is 13.8. The predicted molar refractivity (Wildman–Crippen MR) is 121 cm³/mol. The molecular weight excluding hydrogens is 481 g/mol. The van der Waals surface area contributed by atoms with Crippen LogP contribution in [-0.2, 0) is 19.8 Å². The monoisotopic (exact) mass is 499 g/mol. The topological polar surface area (TPSA) is 39.8 Å². The van der Waals surface area contributed by atoms with Crippen LogP contribution >= 0.6 is 23.1 Å². The van der Waals surface area contributed by atoms with Crippen molar-refractivity contribution in [2.45, 2.75) is 31.5 Å². The van der Waals surface area contributed by atoms with E-state index in [0.717, 1.165) is 17.0 Å². The normalized spacial score (nSPS) is 12.1. The third-order valence-electron chi connectivity index (χ3n) is 5.09. The number of aryl methyl sites for hydroxylation is 1. The Morgan fingerprint density at radius 3 is 2.30 bits per heavy atom. The molecule has 0 saturated carbocycles.